The molecule has 2 fully saturated rings. The smallest absolute Gasteiger partial charge is 0.229 e. The third-order valence-electron chi connectivity index (χ3n) is 4.82. The van der Waals surface area contributed by atoms with Crippen molar-refractivity contribution in [2.45, 2.75) is 31.9 Å². The zero-order valence-electron chi connectivity index (χ0n) is 15.7. The van der Waals surface area contributed by atoms with Gasteiger partial charge in [0.15, 0.2) is 0 Å². The third kappa shape index (κ3) is 4.11. The minimum Gasteiger partial charge on any atom is -0.472 e. The maximum absolute atomic E-state index is 11.3. The maximum Gasteiger partial charge on any atom is 0.229 e. The van der Waals surface area contributed by atoms with Gasteiger partial charge in [-0.15, -0.1) is 0 Å². The van der Waals surface area contributed by atoms with Crippen molar-refractivity contribution in [1.29, 1.82) is 0 Å². The molecule has 0 unspecified atom stereocenters. The molecule has 10 heteroatoms. The SMILES string of the molecule is CC(=O)N[C@@H]1CC[C@H]1Oc1cc(-c2cnc(N)nc2)nc(N2CCOCC2)n1. The van der Waals surface area contributed by atoms with Crippen LogP contribution in [0.25, 0.3) is 11.3 Å². The predicted molar refractivity (Wildman–Crippen MR) is 102 cm³/mol. The lowest BCUT2D eigenvalue weighted by atomic mass is 9.89. The van der Waals surface area contributed by atoms with Crippen molar-refractivity contribution in [2.24, 2.45) is 0 Å². The molecule has 28 heavy (non-hydrogen) atoms. The summed E-state index contributed by atoms with van der Waals surface area (Å²) in [7, 11) is 0. The Morgan fingerprint density at radius 3 is 2.64 bits per heavy atom. The zero-order valence-corrected chi connectivity index (χ0v) is 15.7. The molecule has 2 aliphatic rings. The highest BCUT2D eigenvalue weighted by Gasteiger charge is 2.34. The minimum absolute atomic E-state index is 0.00242. The lowest BCUT2D eigenvalue weighted by molar-refractivity contribution is -0.121. The van der Waals surface area contributed by atoms with Crippen LogP contribution < -0.4 is 20.7 Å². The molecule has 0 bridgehead atoms. The first-order valence-electron chi connectivity index (χ1n) is 9.32. The lowest BCUT2D eigenvalue weighted by Gasteiger charge is -2.36. The molecule has 4 rings (SSSR count). The highest BCUT2D eigenvalue weighted by atomic mass is 16.5. The monoisotopic (exact) mass is 385 g/mol. The molecule has 1 aliphatic heterocycles. The number of anilines is 2. The molecule has 1 saturated heterocycles. The average Bonchev–Trinajstić information content (AvgIpc) is 2.70. The normalized spacial score (nSPS) is 21.7. The van der Waals surface area contributed by atoms with Crippen molar-refractivity contribution in [3.05, 3.63) is 18.5 Å². The first-order chi connectivity index (χ1) is 13.6. The molecule has 1 aliphatic carbocycles. The van der Waals surface area contributed by atoms with E-state index in [-0.39, 0.29) is 24.0 Å². The van der Waals surface area contributed by atoms with Crippen LogP contribution in [0.4, 0.5) is 11.9 Å². The summed E-state index contributed by atoms with van der Waals surface area (Å²) in [5.41, 5.74) is 6.97. The van der Waals surface area contributed by atoms with Crippen molar-refractivity contribution in [1.82, 2.24) is 25.3 Å². The quantitative estimate of drug-likeness (QED) is 0.751. The molecule has 3 heterocycles. The Balaban J connectivity index is 1.61. The molecule has 0 radical (unpaired) electrons. The highest BCUT2D eigenvalue weighted by molar-refractivity contribution is 5.73. The summed E-state index contributed by atoms with van der Waals surface area (Å²) >= 11 is 0. The summed E-state index contributed by atoms with van der Waals surface area (Å²) in [5, 5.41) is 2.91. The molecule has 1 amide bonds. The summed E-state index contributed by atoms with van der Waals surface area (Å²) in [6.07, 6.45) is 4.90. The number of nitrogens with two attached hydrogens (primary N) is 1. The molecule has 148 valence electrons. The van der Waals surface area contributed by atoms with E-state index < -0.39 is 0 Å². The number of morpholine rings is 1. The Morgan fingerprint density at radius 1 is 1.25 bits per heavy atom. The average molecular weight is 385 g/mol. The van der Waals surface area contributed by atoms with Gasteiger partial charge in [0.2, 0.25) is 23.7 Å². The molecular formula is C18H23N7O3. The van der Waals surface area contributed by atoms with Gasteiger partial charge < -0.3 is 25.4 Å². The molecule has 10 nitrogen and oxygen atoms in total. The summed E-state index contributed by atoms with van der Waals surface area (Å²) in [6, 6.07) is 1.77. The second-order valence-corrected chi connectivity index (χ2v) is 6.86. The first-order valence-corrected chi connectivity index (χ1v) is 9.32. The van der Waals surface area contributed by atoms with E-state index in [0.29, 0.717) is 43.8 Å². The Kier molecular flexibility index (Phi) is 5.20. The number of amides is 1. The molecule has 0 aromatic carbocycles. The van der Waals surface area contributed by atoms with Crippen molar-refractivity contribution >= 4 is 17.8 Å². The number of carbonyl (C=O) groups is 1. The summed E-state index contributed by atoms with van der Waals surface area (Å²) in [6.45, 7) is 4.18. The van der Waals surface area contributed by atoms with Crippen LogP contribution in [0.3, 0.4) is 0 Å². The van der Waals surface area contributed by atoms with Crippen LogP contribution in [0.15, 0.2) is 18.5 Å². The van der Waals surface area contributed by atoms with Gasteiger partial charge in [-0.3, -0.25) is 4.79 Å². The van der Waals surface area contributed by atoms with Crippen LogP contribution in [0.2, 0.25) is 0 Å². The van der Waals surface area contributed by atoms with Gasteiger partial charge in [0.25, 0.3) is 0 Å². The van der Waals surface area contributed by atoms with Crippen molar-refractivity contribution in [3.8, 4) is 17.1 Å². The Hall–Kier alpha value is -3.01. The topological polar surface area (TPSA) is 128 Å². The minimum atomic E-state index is -0.105. The number of rotatable bonds is 5. The number of nitrogens with zero attached hydrogens (tertiary/aromatic N) is 5. The molecule has 3 N–H and O–H groups in total. The van der Waals surface area contributed by atoms with Crippen molar-refractivity contribution < 1.29 is 14.3 Å². The summed E-state index contributed by atoms with van der Waals surface area (Å²) in [4.78, 5) is 30.7. The van der Waals surface area contributed by atoms with Crippen LogP contribution in [0.1, 0.15) is 19.8 Å². The fraction of sp³-hybridized carbons (Fsp3) is 0.500. The Morgan fingerprint density at radius 2 is 2.00 bits per heavy atom. The van der Waals surface area contributed by atoms with Gasteiger partial charge in [-0.25, -0.2) is 15.0 Å². The number of nitrogens with one attached hydrogen (secondary N) is 1. The van der Waals surface area contributed by atoms with Gasteiger partial charge in [0.05, 0.1) is 24.9 Å². The van der Waals surface area contributed by atoms with Gasteiger partial charge in [-0.2, -0.15) is 4.98 Å². The van der Waals surface area contributed by atoms with E-state index in [1.165, 1.54) is 6.92 Å². The first kappa shape index (κ1) is 18.4. The van der Waals surface area contributed by atoms with Crippen LogP contribution in [0.5, 0.6) is 5.88 Å². The van der Waals surface area contributed by atoms with E-state index >= 15 is 0 Å². The Labute approximate surface area is 162 Å². The highest BCUT2D eigenvalue weighted by Crippen LogP contribution is 2.29. The molecule has 2 aromatic heterocycles. The maximum atomic E-state index is 11.3. The molecule has 1 saturated carbocycles. The van der Waals surface area contributed by atoms with Crippen LogP contribution in [-0.2, 0) is 9.53 Å². The fourth-order valence-corrected chi connectivity index (χ4v) is 3.19. The number of hydrogen-bond acceptors (Lipinski definition) is 9. The van der Waals surface area contributed by atoms with Crippen molar-refractivity contribution in [3.63, 3.8) is 0 Å². The van der Waals surface area contributed by atoms with Crippen LogP contribution in [0, 0.1) is 0 Å². The van der Waals surface area contributed by atoms with E-state index in [2.05, 4.69) is 30.2 Å². The van der Waals surface area contributed by atoms with Crippen LogP contribution in [-0.4, -0.2) is 64.3 Å². The number of carbonyl (C=O) groups excluding carboxylic acids is 1. The summed E-state index contributed by atoms with van der Waals surface area (Å²) < 4.78 is 11.5. The number of aromatic nitrogens is 4. The second kappa shape index (κ2) is 7.93. The fourth-order valence-electron chi connectivity index (χ4n) is 3.19. The van der Waals surface area contributed by atoms with E-state index in [4.69, 9.17) is 15.2 Å². The van der Waals surface area contributed by atoms with Gasteiger partial charge in [-0.05, 0) is 12.8 Å². The van der Waals surface area contributed by atoms with Crippen molar-refractivity contribution in [2.75, 3.05) is 36.9 Å². The number of nitrogen functional groups attached to an aromatic ring is 1. The molecule has 0 spiro atoms. The van der Waals surface area contributed by atoms with E-state index in [9.17, 15) is 4.79 Å². The standard InChI is InChI=1S/C18H23N7O3/c1-11(26)22-13-2-3-15(13)28-16-8-14(12-9-20-17(19)21-10-12)23-18(24-16)25-4-6-27-7-5-25/h8-10,13,15H,2-7H2,1H3,(H,22,26)(H2,19,20,21)/t13-,15-/m1/s1. The molecule has 2 aromatic rings. The van der Waals surface area contributed by atoms with E-state index in [0.717, 1.165) is 18.4 Å². The second-order valence-electron chi connectivity index (χ2n) is 6.86. The summed E-state index contributed by atoms with van der Waals surface area (Å²) in [5.74, 6) is 1.18. The van der Waals surface area contributed by atoms with E-state index in [1.807, 2.05) is 0 Å². The van der Waals surface area contributed by atoms with Gasteiger partial charge in [-0.1, -0.05) is 0 Å². The Bertz CT molecular complexity index is 840. The largest absolute Gasteiger partial charge is 0.472 e. The molecule has 2 atom stereocenters. The number of ether oxygens (including phenoxy) is 2. The zero-order chi connectivity index (χ0) is 19.5. The number of hydrogen-bond donors (Lipinski definition) is 2. The van der Waals surface area contributed by atoms with Gasteiger partial charge in [0, 0.05) is 44.0 Å². The van der Waals surface area contributed by atoms with Gasteiger partial charge in [0.1, 0.15) is 6.10 Å². The third-order valence-corrected chi connectivity index (χ3v) is 4.82. The van der Waals surface area contributed by atoms with E-state index in [1.54, 1.807) is 18.5 Å². The van der Waals surface area contributed by atoms with Gasteiger partial charge >= 0.3 is 0 Å². The predicted octanol–water partition coefficient (Wildman–Crippen LogP) is 0.398. The molecular weight excluding hydrogens is 362 g/mol. The van der Waals surface area contributed by atoms with Crippen LogP contribution >= 0.6 is 0 Å². The lowest BCUT2D eigenvalue weighted by Crippen LogP contribution is -2.52.